The van der Waals surface area contributed by atoms with Crippen molar-refractivity contribution >= 4 is 23.2 Å². The molecule has 0 aliphatic carbocycles. The van der Waals surface area contributed by atoms with E-state index in [-0.39, 0.29) is 30.5 Å². The van der Waals surface area contributed by atoms with Gasteiger partial charge in [-0.05, 0) is 60.5 Å². The second-order valence-corrected chi connectivity index (χ2v) is 10.7. The van der Waals surface area contributed by atoms with Crippen LogP contribution in [0.4, 0.5) is 0 Å². The third-order valence-electron chi connectivity index (χ3n) is 7.26. The van der Waals surface area contributed by atoms with Gasteiger partial charge in [0, 0.05) is 30.6 Å². The smallest absolute Gasteiger partial charge is 0.258 e. The Morgan fingerprint density at radius 3 is 2.72 bits per heavy atom. The lowest BCUT2D eigenvalue weighted by molar-refractivity contribution is -0.135. The molecule has 2 aliphatic heterocycles. The number of carbonyl (C=O) groups is 2. The monoisotopic (exact) mass is 550 g/mol. The van der Waals surface area contributed by atoms with Gasteiger partial charge in [0.25, 0.3) is 5.91 Å². The molecule has 0 saturated carbocycles. The highest BCUT2D eigenvalue weighted by atomic mass is 32.1. The molecule has 1 fully saturated rings. The van der Waals surface area contributed by atoms with Crippen molar-refractivity contribution in [1.82, 2.24) is 9.80 Å². The number of amides is 2. The van der Waals surface area contributed by atoms with Crippen molar-refractivity contribution < 1.29 is 28.5 Å². The molecule has 5 rings (SSSR count). The number of fused-ring (bicyclic) bond motifs is 1. The number of carbonyl (C=O) groups excluding carboxylic acids is 2. The Kier molecular flexibility index (Phi) is 8.68. The lowest BCUT2D eigenvalue weighted by Crippen LogP contribution is -2.49. The maximum absolute atomic E-state index is 13.9. The molecule has 1 saturated heterocycles. The van der Waals surface area contributed by atoms with Crippen LogP contribution in [-0.2, 0) is 16.0 Å². The van der Waals surface area contributed by atoms with Crippen molar-refractivity contribution in [3.05, 3.63) is 76.0 Å². The predicted molar refractivity (Wildman–Crippen MR) is 149 cm³/mol. The first-order valence-electron chi connectivity index (χ1n) is 13.2. The fourth-order valence-electron chi connectivity index (χ4n) is 5.24. The molecule has 3 aromatic rings. The summed E-state index contributed by atoms with van der Waals surface area (Å²) in [6.07, 6.45) is 2.50. The molecule has 0 bridgehead atoms. The van der Waals surface area contributed by atoms with Crippen LogP contribution in [0, 0.1) is 0 Å². The molecule has 1 aromatic heterocycles. The van der Waals surface area contributed by atoms with Crippen LogP contribution in [-0.4, -0.2) is 74.8 Å². The number of thiophene rings is 1. The molecule has 0 unspecified atom stereocenters. The molecule has 2 aromatic carbocycles. The Balaban J connectivity index is 1.37. The average Bonchev–Trinajstić information content (AvgIpc) is 3.67. The molecule has 206 valence electrons. The lowest BCUT2D eigenvalue weighted by atomic mass is 10.00. The van der Waals surface area contributed by atoms with E-state index in [1.54, 1.807) is 48.7 Å². The first kappa shape index (κ1) is 27.0. The SMILES string of the molecule is COc1cccc(OC[C@H]2c3ccsc3CCN2C(=O)CN(C[C@H]2CCCO2)C(=O)c2ccccc2OC)c1. The minimum Gasteiger partial charge on any atom is -0.497 e. The van der Waals surface area contributed by atoms with Crippen LogP contribution < -0.4 is 14.2 Å². The van der Waals surface area contributed by atoms with Gasteiger partial charge >= 0.3 is 0 Å². The summed E-state index contributed by atoms with van der Waals surface area (Å²) in [4.78, 5) is 32.4. The van der Waals surface area contributed by atoms with E-state index < -0.39 is 0 Å². The summed E-state index contributed by atoms with van der Waals surface area (Å²) in [5.41, 5.74) is 1.53. The third kappa shape index (κ3) is 6.20. The highest BCUT2D eigenvalue weighted by molar-refractivity contribution is 7.10. The van der Waals surface area contributed by atoms with Gasteiger partial charge in [-0.3, -0.25) is 9.59 Å². The van der Waals surface area contributed by atoms with Gasteiger partial charge in [-0.15, -0.1) is 11.3 Å². The van der Waals surface area contributed by atoms with Gasteiger partial charge in [0.1, 0.15) is 30.4 Å². The van der Waals surface area contributed by atoms with Crippen LogP contribution in [0.5, 0.6) is 17.2 Å². The van der Waals surface area contributed by atoms with Gasteiger partial charge in [0.15, 0.2) is 0 Å². The van der Waals surface area contributed by atoms with E-state index in [0.29, 0.717) is 49.1 Å². The van der Waals surface area contributed by atoms with E-state index in [4.69, 9.17) is 18.9 Å². The average molecular weight is 551 g/mol. The van der Waals surface area contributed by atoms with Gasteiger partial charge in [-0.2, -0.15) is 0 Å². The third-order valence-corrected chi connectivity index (χ3v) is 8.26. The van der Waals surface area contributed by atoms with Crippen molar-refractivity contribution in [2.45, 2.75) is 31.4 Å². The van der Waals surface area contributed by atoms with Gasteiger partial charge in [0.2, 0.25) is 5.91 Å². The summed E-state index contributed by atoms with van der Waals surface area (Å²) >= 11 is 1.70. The largest absolute Gasteiger partial charge is 0.497 e. The van der Waals surface area contributed by atoms with Crippen LogP contribution in [0.1, 0.15) is 39.7 Å². The standard InChI is InChI=1S/C30H34N2O6S/c1-35-21-7-5-8-22(17-21)38-20-26-24-13-16-39-28(24)12-14-32(26)29(33)19-31(18-23-9-6-15-37-23)30(34)25-10-3-4-11-27(25)36-2/h3-5,7-8,10-11,13,16-17,23,26H,6,9,12,14-15,18-20H2,1-2H3/t23-,26+/m1/s1. The zero-order valence-electron chi connectivity index (χ0n) is 22.3. The Labute approximate surface area is 233 Å². The van der Waals surface area contributed by atoms with Gasteiger partial charge < -0.3 is 28.7 Å². The Bertz CT molecular complexity index is 1290. The summed E-state index contributed by atoms with van der Waals surface area (Å²) in [6.45, 7) is 1.84. The number of nitrogens with zero attached hydrogens (tertiary/aromatic N) is 2. The summed E-state index contributed by atoms with van der Waals surface area (Å²) in [6, 6.07) is 16.4. The van der Waals surface area contributed by atoms with Gasteiger partial charge in [0.05, 0.1) is 31.9 Å². The molecule has 9 heteroatoms. The maximum Gasteiger partial charge on any atom is 0.258 e. The molecule has 0 N–H and O–H groups in total. The molecule has 0 radical (unpaired) electrons. The van der Waals surface area contributed by atoms with Crippen molar-refractivity contribution in [2.24, 2.45) is 0 Å². The van der Waals surface area contributed by atoms with E-state index in [0.717, 1.165) is 24.8 Å². The molecule has 8 nitrogen and oxygen atoms in total. The summed E-state index contributed by atoms with van der Waals surface area (Å²) in [5.74, 6) is 1.51. The normalized spacial score (nSPS) is 18.4. The minimum absolute atomic E-state index is 0.0497. The molecular weight excluding hydrogens is 516 g/mol. The Hall–Kier alpha value is -3.56. The predicted octanol–water partition coefficient (Wildman–Crippen LogP) is 4.59. The number of hydrogen-bond acceptors (Lipinski definition) is 7. The van der Waals surface area contributed by atoms with E-state index in [2.05, 4.69) is 11.4 Å². The van der Waals surface area contributed by atoms with Crippen molar-refractivity contribution in [2.75, 3.05) is 47.1 Å². The van der Waals surface area contributed by atoms with E-state index in [1.165, 1.54) is 4.88 Å². The van der Waals surface area contributed by atoms with Gasteiger partial charge in [-0.25, -0.2) is 0 Å². The fraction of sp³-hybridized carbons (Fsp3) is 0.400. The number of hydrogen-bond donors (Lipinski definition) is 0. The van der Waals surface area contributed by atoms with E-state index >= 15 is 0 Å². The molecule has 39 heavy (non-hydrogen) atoms. The number of benzene rings is 2. The quantitative estimate of drug-likeness (QED) is 0.368. The number of rotatable bonds is 10. The molecule has 2 atom stereocenters. The molecule has 3 heterocycles. The Morgan fingerprint density at radius 1 is 1.08 bits per heavy atom. The zero-order valence-corrected chi connectivity index (χ0v) is 23.2. The Morgan fingerprint density at radius 2 is 1.92 bits per heavy atom. The second kappa shape index (κ2) is 12.5. The number of methoxy groups -OCH3 is 2. The molecular formula is C30H34N2O6S. The first-order chi connectivity index (χ1) is 19.1. The van der Waals surface area contributed by atoms with Crippen molar-refractivity contribution in [1.29, 1.82) is 0 Å². The first-order valence-corrected chi connectivity index (χ1v) is 14.1. The number of ether oxygens (including phenoxy) is 4. The molecule has 0 spiro atoms. The second-order valence-electron chi connectivity index (χ2n) is 9.66. The lowest BCUT2D eigenvalue weighted by Gasteiger charge is -2.37. The highest BCUT2D eigenvalue weighted by Crippen LogP contribution is 2.34. The number of para-hydroxylation sites is 1. The molecule has 2 aliphatic rings. The highest BCUT2D eigenvalue weighted by Gasteiger charge is 2.35. The maximum atomic E-state index is 13.9. The molecule has 2 amide bonds. The summed E-state index contributed by atoms with van der Waals surface area (Å²) in [7, 11) is 3.16. The van der Waals surface area contributed by atoms with Crippen LogP contribution in [0.25, 0.3) is 0 Å². The minimum atomic E-state index is -0.260. The topological polar surface area (TPSA) is 77.5 Å². The fourth-order valence-corrected chi connectivity index (χ4v) is 6.17. The summed E-state index contributed by atoms with van der Waals surface area (Å²) < 4.78 is 22.8. The zero-order chi connectivity index (χ0) is 27.2. The van der Waals surface area contributed by atoms with Crippen LogP contribution in [0.15, 0.2) is 60.0 Å². The van der Waals surface area contributed by atoms with Crippen LogP contribution in [0.3, 0.4) is 0 Å². The van der Waals surface area contributed by atoms with E-state index in [1.807, 2.05) is 35.2 Å². The van der Waals surface area contributed by atoms with Crippen LogP contribution >= 0.6 is 11.3 Å². The van der Waals surface area contributed by atoms with Crippen molar-refractivity contribution in [3.63, 3.8) is 0 Å². The summed E-state index contributed by atoms with van der Waals surface area (Å²) in [5, 5.41) is 2.06. The van der Waals surface area contributed by atoms with Crippen LogP contribution in [0.2, 0.25) is 0 Å². The van der Waals surface area contributed by atoms with E-state index in [9.17, 15) is 9.59 Å². The van der Waals surface area contributed by atoms with Gasteiger partial charge in [-0.1, -0.05) is 18.2 Å². The van der Waals surface area contributed by atoms with Crippen molar-refractivity contribution in [3.8, 4) is 17.2 Å².